The third kappa shape index (κ3) is 3.04. The Hall–Kier alpha value is -2.84. The van der Waals surface area contributed by atoms with E-state index in [1.807, 2.05) is 0 Å². The van der Waals surface area contributed by atoms with Gasteiger partial charge in [-0.3, -0.25) is 9.78 Å². The van der Waals surface area contributed by atoms with Crippen LogP contribution in [0.3, 0.4) is 0 Å². The molecule has 0 fully saturated rings. The predicted molar refractivity (Wildman–Crippen MR) is 99.7 cm³/mol. The van der Waals surface area contributed by atoms with Crippen molar-refractivity contribution in [3.63, 3.8) is 0 Å². The van der Waals surface area contributed by atoms with Gasteiger partial charge in [0.25, 0.3) is 0 Å². The first-order chi connectivity index (χ1) is 12.5. The fraction of sp³-hybridized carbons (Fsp3) is 0.0588. The van der Waals surface area contributed by atoms with Crippen LogP contribution in [0.15, 0.2) is 36.8 Å². The Morgan fingerprint density at radius 1 is 1.27 bits per heavy atom. The summed E-state index contributed by atoms with van der Waals surface area (Å²) in [5, 5.41) is 3.31. The highest BCUT2D eigenvalue weighted by molar-refractivity contribution is 7.19. The number of aromatic amines is 1. The number of rotatable bonds is 3. The second-order valence-corrected chi connectivity index (χ2v) is 7.17. The Labute approximate surface area is 156 Å². The molecule has 0 saturated heterocycles. The SMILES string of the molecule is CC(=O)Nc1cc(-c2[nH]c3cc(F)cnc3c2-c2ncc(Cl)s2)ccn1. The molecule has 4 aromatic heterocycles. The topological polar surface area (TPSA) is 83.6 Å². The van der Waals surface area contributed by atoms with Crippen LogP contribution >= 0.6 is 22.9 Å². The predicted octanol–water partition coefficient (Wildman–Crippen LogP) is 4.50. The average molecular weight is 388 g/mol. The van der Waals surface area contributed by atoms with Crippen LogP contribution in [-0.4, -0.2) is 25.8 Å². The molecule has 4 aromatic rings. The minimum Gasteiger partial charge on any atom is -0.353 e. The van der Waals surface area contributed by atoms with Crippen molar-refractivity contribution in [2.45, 2.75) is 6.92 Å². The molecule has 0 atom stereocenters. The molecule has 130 valence electrons. The quantitative estimate of drug-likeness (QED) is 0.542. The van der Waals surface area contributed by atoms with Gasteiger partial charge in [0.15, 0.2) is 0 Å². The van der Waals surface area contributed by atoms with Crippen molar-refractivity contribution in [3.05, 3.63) is 46.9 Å². The number of nitrogens with one attached hydrogen (secondary N) is 2. The number of fused-ring (bicyclic) bond motifs is 1. The molecule has 0 bridgehead atoms. The summed E-state index contributed by atoms with van der Waals surface area (Å²) in [7, 11) is 0. The lowest BCUT2D eigenvalue weighted by atomic mass is 10.1. The van der Waals surface area contributed by atoms with Crippen molar-refractivity contribution in [2.24, 2.45) is 0 Å². The lowest BCUT2D eigenvalue weighted by Gasteiger charge is -2.05. The van der Waals surface area contributed by atoms with E-state index in [9.17, 15) is 9.18 Å². The van der Waals surface area contributed by atoms with Gasteiger partial charge in [-0.15, -0.1) is 11.3 Å². The molecule has 0 aromatic carbocycles. The van der Waals surface area contributed by atoms with Crippen molar-refractivity contribution < 1.29 is 9.18 Å². The van der Waals surface area contributed by atoms with E-state index in [1.165, 1.54) is 24.3 Å². The summed E-state index contributed by atoms with van der Waals surface area (Å²) in [5.74, 6) is -0.249. The average Bonchev–Trinajstić information content (AvgIpc) is 3.17. The highest BCUT2D eigenvalue weighted by Crippen LogP contribution is 2.40. The number of carbonyl (C=O) groups is 1. The largest absolute Gasteiger partial charge is 0.353 e. The maximum Gasteiger partial charge on any atom is 0.222 e. The Morgan fingerprint density at radius 3 is 2.85 bits per heavy atom. The van der Waals surface area contributed by atoms with E-state index in [0.717, 1.165) is 17.3 Å². The molecule has 26 heavy (non-hydrogen) atoms. The second-order valence-electron chi connectivity index (χ2n) is 5.51. The van der Waals surface area contributed by atoms with Crippen molar-refractivity contribution in [2.75, 3.05) is 5.32 Å². The molecular formula is C17H11ClFN5OS. The van der Waals surface area contributed by atoms with Gasteiger partial charge in [0.1, 0.15) is 21.0 Å². The zero-order chi connectivity index (χ0) is 18.3. The van der Waals surface area contributed by atoms with Gasteiger partial charge in [0.2, 0.25) is 5.91 Å². The van der Waals surface area contributed by atoms with Crippen LogP contribution in [0.5, 0.6) is 0 Å². The Balaban J connectivity index is 1.96. The number of halogens is 2. The number of carbonyl (C=O) groups excluding carboxylic acids is 1. The molecule has 2 N–H and O–H groups in total. The van der Waals surface area contributed by atoms with Gasteiger partial charge in [-0.05, 0) is 12.1 Å². The maximum absolute atomic E-state index is 13.6. The molecular weight excluding hydrogens is 377 g/mol. The summed E-state index contributed by atoms with van der Waals surface area (Å²) in [5.41, 5.74) is 3.29. The summed E-state index contributed by atoms with van der Waals surface area (Å²) in [6.07, 6.45) is 4.30. The van der Waals surface area contributed by atoms with Gasteiger partial charge in [-0.1, -0.05) is 11.6 Å². The summed E-state index contributed by atoms with van der Waals surface area (Å²) in [6.45, 7) is 1.41. The van der Waals surface area contributed by atoms with Crippen molar-refractivity contribution in [1.82, 2.24) is 19.9 Å². The number of nitrogens with zero attached hydrogens (tertiary/aromatic N) is 3. The Morgan fingerprint density at radius 2 is 2.12 bits per heavy atom. The van der Waals surface area contributed by atoms with Crippen LogP contribution in [0.4, 0.5) is 10.2 Å². The molecule has 0 aliphatic heterocycles. The zero-order valence-corrected chi connectivity index (χ0v) is 15.0. The van der Waals surface area contributed by atoms with Crippen molar-refractivity contribution in [1.29, 1.82) is 0 Å². The minimum absolute atomic E-state index is 0.220. The molecule has 9 heteroatoms. The molecule has 6 nitrogen and oxygen atoms in total. The highest BCUT2D eigenvalue weighted by atomic mass is 35.5. The van der Waals surface area contributed by atoms with E-state index in [2.05, 4.69) is 25.3 Å². The van der Waals surface area contributed by atoms with Crippen LogP contribution in [0.2, 0.25) is 4.34 Å². The molecule has 0 aliphatic rings. The minimum atomic E-state index is -0.442. The molecule has 0 unspecified atom stereocenters. The number of pyridine rings is 2. The van der Waals surface area contributed by atoms with Crippen LogP contribution in [0.25, 0.3) is 32.9 Å². The first kappa shape index (κ1) is 16.6. The number of hydrogen-bond acceptors (Lipinski definition) is 5. The number of anilines is 1. The van der Waals surface area contributed by atoms with E-state index in [4.69, 9.17) is 11.6 Å². The molecule has 0 aliphatic carbocycles. The number of hydrogen-bond donors (Lipinski definition) is 2. The van der Waals surface area contributed by atoms with E-state index in [0.29, 0.717) is 31.9 Å². The summed E-state index contributed by atoms with van der Waals surface area (Å²) < 4.78 is 14.2. The van der Waals surface area contributed by atoms with Crippen LogP contribution < -0.4 is 5.32 Å². The molecule has 0 radical (unpaired) electrons. The summed E-state index contributed by atoms with van der Waals surface area (Å²) in [6, 6.07) is 4.88. The Kier molecular flexibility index (Phi) is 4.14. The van der Waals surface area contributed by atoms with Gasteiger partial charge in [-0.2, -0.15) is 0 Å². The first-order valence-electron chi connectivity index (χ1n) is 7.54. The van der Waals surface area contributed by atoms with Crippen molar-refractivity contribution in [3.8, 4) is 21.8 Å². The third-order valence-electron chi connectivity index (χ3n) is 3.64. The van der Waals surface area contributed by atoms with Gasteiger partial charge in [0, 0.05) is 24.8 Å². The molecule has 0 saturated carbocycles. The molecule has 0 spiro atoms. The van der Waals surface area contributed by atoms with E-state index in [-0.39, 0.29) is 5.91 Å². The first-order valence-corrected chi connectivity index (χ1v) is 8.73. The lowest BCUT2D eigenvalue weighted by molar-refractivity contribution is -0.114. The lowest BCUT2D eigenvalue weighted by Crippen LogP contribution is -2.07. The Bertz CT molecular complexity index is 1140. The van der Waals surface area contributed by atoms with E-state index >= 15 is 0 Å². The smallest absolute Gasteiger partial charge is 0.222 e. The molecule has 1 amide bonds. The molecule has 4 rings (SSSR count). The standard InChI is InChI=1S/C17H11ClFN5OS/c1-8(25)23-13-4-9(2-3-20-13)15-14(17-22-7-12(18)26-17)16-11(24-15)5-10(19)6-21-16/h2-7,24H,1H3,(H,20,23,25). The van der Waals surface area contributed by atoms with Gasteiger partial charge in [-0.25, -0.2) is 14.4 Å². The zero-order valence-electron chi connectivity index (χ0n) is 13.4. The fourth-order valence-electron chi connectivity index (χ4n) is 2.68. The number of H-pyrrole nitrogens is 1. The summed E-state index contributed by atoms with van der Waals surface area (Å²) >= 11 is 7.35. The van der Waals surface area contributed by atoms with Crippen LogP contribution in [0, 0.1) is 5.82 Å². The van der Waals surface area contributed by atoms with E-state index < -0.39 is 5.82 Å². The molecule has 4 heterocycles. The second kappa shape index (κ2) is 6.47. The van der Waals surface area contributed by atoms with Gasteiger partial charge in [0.05, 0.1) is 34.7 Å². The monoisotopic (exact) mass is 387 g/mol. The third-order valence-corrected chi connectivity index (χ3v) is 4.78. The van der Waals surface area contributed by atoms with Gasteiger partial charge < -0.3 is 10.3 Å². The fourth-order valence-corrected chi connectivity index (χ4v) is 3.64. The maximum atomic E-state index is 13.6. The van der Waals surface area contributed by atoms with Crippen LogP contribution in [0.1, 0.15) is 6.92 Å². The van der Waals surface area contributed by atoms with Crippen LogP contribution in [-0.2, 0) is 4.79 Å². The summed E-state index contributed by atoms with van der Waals surface area (Å²) in [4.78, 5) is 27.2. The van der Waals surface area contributed by atoms with E-state index in [1.54, 1.807) is 24.5 Å². The number of amides is 1. The normalized spacial score (nSPS) is 11.0. The van der Waals surface area contributed by atoms with Gasteiger partial charge >= 0.3 is 0 Å². The number of thiazole rings is 1. The van der Waals surface area contributed by atoms with Crippen molar-refractivity contribution >= 4 is 45.7 Å². The number of aromatic nitrogens is 4. The highest BCUT2D eigenvalue weighted by Gasteiger charge is 2.20.